The van der Waals surface area contributed by atoms with E-state index in [2.05, 4.69) is 21.2 Å². The maximum atomic E-state index is 5.79. The monoisotopic (exact) mass is 306 g/mol. The molecule has 3 N–H and O–H groups in total. The molecule has 0 aliphatic heterocycles. The van der Waals surface area contributed by atoms with Crippen LogP contribution in [0.25, 0.3) is 0 Å². The number of nitrogen functional groups attached to an aromatic ring is 1. The van der Waals surface area contributed by atoms with Gasteiger partial charge in [0.15, 0.2) is 0 Å². The predicted molar refractivity (Wildman–Crippen MR) is 79.6 cm³/mol. The fourth-order valence-corrected chi connectivity index (χ4v) is 2.07. The largest absolute Gasteiger partial charge is 0.495 e. The fourth-order valence-electron chi connectivity index (χ4n) is 1.66. The Morgan fingerprint density at radius 1 is 1.11 bits per heavy atom. The molecule has 18 heavy (non-hydrogen) atoms. The molecule has 2 aromatic carbocycles. The van der Waals surface area contributed by atoms with E-state index in [9.17, 15) is 0 Å². The summed E-state index contributed by atoms with van der Waals surface area (Å²) in [6, 6.07) is 11.7. The van der Waals surface area contributed by atoms with Crippen molar-refractivity contribution >= 4 is 33.0 Å². The topological polar surface area (TPSA) is 47.3 Å². The summed E-state index contributed by atoms with van der Waals surface area (Å²) in [7, 11) is 1.65. The highest BCUT2D eigenvalue weighted by Gasteiger charge is 2.02. The molecule has 2 aromatic rings. The first-order chi connectivity index (χ1) is 8.60. The van der Waals surface area contributed by atoms with Crippen LogP contribution in [-0.2, 0) is 0 Å². The number of methoxy groups -OCH3 is 1. The summed E-state index contributed by atoms with van der Waals surface area (Å²) in [5.41, 5.74) is 9.63. The Balaban J connectivity index is 2.25. The number of halogens is 1. The van der Waals surface area contributed by atoms with Gasteiger partial charge >= 0.3 is 0 Å². The van der Waals surface area contributed by atoms with Crippen molar-refractivity contribution in [1.82, 2.24) is 0 Å². The molecule has 0 aromatic heterocycles. The standard InChI is InChI=1S/C14H15BrN2O/c1-9-7-10(4-6-13(9)16)17-11-3-5-12(15)14(8-11)18-2/h3-8,17H,16H2,1-2H3. The van der Waals surface area contributed by atoms with E-state index in [0.717, 1.165) is 32.8 Å². The summed E-state index contributed by atoms with van der Waals surface area (Å²) < 4.78 is 6.19. The van der Waals surface area contributed by atoms with Crippen molar-refractivity contribution < 1.29 is 4.74 Å². The smallest absolute Gasteiger partial charge is 0.135 e. The molecule has 0 saturated carbocycles. The summed E-state index contributed by atoms with van der Waals surface area (Å²) in [4.78, 5) is 0. The number of nitrogens with one attached hydrogen (secondary N) is 1. The lowest BCUT2D eigenvalue weighted by Gasteiger charge is -2.10. The zero-order valence-corrected chi connectivity index (χ0v) is 11.9. The average molecular weight is 307 g/mol. The van der Waals surface area contributed by atoms with E-state index in [1.807, 2.05) is 43.3 Å². The second-order valence-electron chi connectivity index (χ2n) is 4.05. The third-order valence-electron chi connectivity index (χ3n) is 2.71. The van der Waals surface area contributed by atoms with Crippen LogP contribution in [0.1, 0.15) is 5.56 Å². The van der Waals surface area contributed by atoms with E-state index in [4.69, 9.17) is 10.5 Å². The lowest BCUT2D eigenvalue weighted by atomic mass is 10.2. The van der Waals surface area contributed by atoms with Crippen LogP contribution in [0.4, 0.5) is 17.1 Å². The van der Waals surface area contributed by atoms with Gasteiger partial charge < -0.3 is 15.8 Å². The van der Waals surface area contributed by atoms with Gasteiger partial charge in [-0.1, -0.05) is 0 Å². The van der Waals surface area contributed by atoms with Crippen LogP contribution < -0.4 is 15.8 Å². The lowest BCUT2D eigenvalue weighted by Crippen LogP contribution is -1.94. The van der Waals surface area contributed by atoms with Crippen molar-refractivity contribution in [3.8, 4) is 5.75 Å². The molecule has 0 aliphatic rings. The van der Waals surface area contributed by atoms with E-state index >= 15 is 0 Å². The van der Waals surface area contributed by atoms with Crippen LogP contribution in [0.2, 0.25) is 0 Å². The maximum absolute atomic E-state index is 5.79. The molecule has 94 valence electrons. The highest BCUT2D eigenvalue weighted by atomic mass is 79.9. The van der Waals surface area contributed by atoms with Crippen molar-refractivity contribution in [2.45, 2.75) is 6.92 Å². The summed E-state index contributed by atoms with van der Waals surface area (Å²) >= 11 is 3.43. The van der Waals surface area contributed by atoms with Gasteiger partial charge in [0, 0.05) is 23.1 Å². The molecular formula is C14H15BrN2O. The van der Waals surface area contributed by atoms with Crippen LogP contribution >= 0.6 is 15.9 Å². The molecule has 0 heterocycles. The lowest BCUT2D eigenvalue weighted by molar-refractivity contribution is 0.412. The van der Waals surface area contributed by atoms with Crippen LogP contribution in [0.3, 0.4) is 0 Å². The first kappa shape index (κ1) is 12.8. The van der Waals surface area contributed by atoms with Gasteiger partial charge in [0.25, 0.3) is 0 Å². The number of anilines is 3. The zero-order chi connectivity index (χ0) is 13.1. The average Bonchev–Trinajstić information content (AvgIpc) is 2.36. The van der Waals surface area contributed by atoms with E-state index in [1.165, 1.54) is 0 Å². The molecule has 0 saturated heterocycles. The Kier molecular flexibility index (Phi) is 3.77. The van der Waals surface area contributed by atoms with Crippen LogP contribution in [-0.4, -0.2) is 7.11 Å². The Morgan fingerprint density at radius 2 is 1.78 bits per heavy atom. The van der Waals surface area contributed by atoms with E-state index in [0.29, 0.717) is 0 Å². The van der Waals surface area contributed by atoms with Gasteiger partial charge in [-0.25, -0.2) is 0 Å². The van der Waals surface area contributed by atoms with Crippen LogP contribution in [0, 0.1) is 6.92 Å². The molecule has 0 fully saturated rings. The molecule has 3 nitrogen and oxygen atoms in total. The Hall–Kier alpha value is -1.68. The molecule has 2 rings (SSSR count). The van der Waals surface area contributed by atoms with Crippen molar-refractivity contribution in [3.63, 3.8) is 0 Å². The second kappa shape index (κ2) is 5.31. The van der Waals surface area contributed by atoms with Gasteiger partial charge in [0.1, 0.15) is 5.75 Å². The summed E-state index contributed by atoms with van der Waals surface area (Å²) in [6.07, 6.45) is 0. The number of rotatable bonds is 3. The van der Waals surface area contributed by atoms with E-state index in [1.54, 1.807) is 7.11 Å². The molecule has 0 unspecified atom stereocenters. The quantitative estimate of drug-likeness (QED) is 0.840. The minimum absolute atomic E-state index is 0.798. The molecule has 0 aliphatic carbocycles. The van der Waals surface area contributed by atoms with Gasteiger partial charge in [-0.15, -0.1) is 0 Å². The molecule has 4 heteroatoms. The first-order valence-corrected chi connectivity index (χ1v) is 6.36. The Labute approximate surface area is 115 Å². The Morgan fingerprint density at radius 3 is 2.44 bits per heavy atom. The highest BCUT2D eigenvalue weighted by molar-refractivity contribution is 9.10. The third kappa shape index (κ3) is 2.76. The molecule has 0 radical (unpaired) electrons. The number of nitrogens with two attached hydrogens (primary N) is 1. The molecule has 0 bridgehead atoms. The molecule has 0 atom stereocenters. The number of benzene rings is 2. The molecule has 0 amide bonds. The minimum atomic E-state index is 0.798. The molecular weight excluding hydrogens is 292 g/mol. The SMILES string of the molecule is COc1cc(Nc2ccc(N)c(C)c2)ccc1Br. The number of aryl methyl sites for hydroxylation is 1. The zero-order valence-electron chi connectivity index (χ0n) is 10.3. The summed E-state index contributed by atoms with van der Waals surface area (Å²) in [6.45, 7) is 1.99. The van der Waals surface area contributed by atoms with Crippen molar-refractivity contribution in [1.29, 1.82) is 0 Å². The predicted octanol–water partition coefficient (Wildman–Crippen LogP) is 4.09. The third-order valence-corrected chi connectivity index (χ3v) is 3.36. The highest BCUT2D eigenvalue weighted by Crippen LogP contribution is 2.29. The Bertz CT molecular complexity index is 570. The van der Waals surface area contributed by atoms with Crippen molar-refractivity contribution in [2.75, 3.05) is 18.2 Å². The van der Waals surface area contributed by atoms with Crippen molar-refractivity contribution in [3.05, 3.63) is 46.4 Å². The number of ether oxygens (including phenoxy) is 1. The van der Waals surface area contributed by atoms with Gasteiger partial charge in [0.2, 0.25) is 0 Å². The van der Waals surface area contributed by atoms with Gasteiger partial charge in [-0.05, 0) is 58.7 Å². The second-order valence-corrected chi connectivity index (χ2v) is 4.90. The first-order valence-electron chi connectivity index (χ1n) is 5.57. The van der Waals surface area contributed by atoms with Gasteiger partial charge in [-0.3, -0.25) is 0 Å². The van der Waals surface area contributed by atoms with Crippen LogP contribution in [0.5, 0.6) is 5.75 Å². The van der Waals surface area contributed by atoms with E-state index in [-0.39, 0.29) is 0 Å². The van der Waals surface area contributed by atoms with Crippen molar-refractivity contribution in [2.24, 2.45) is 0 Å². The van der Waals surface area contributed by atoms with Gasteiger partial charge in [-0.2, -0.15) is 0 Å². The maximum Gasteiger partial charge on any atom is 0.135 e. The van der Waals surface area contributed by atoms with E-state index < -0.39 is 0 Å². The minimum Gasteiger partial charge on any atom is -0.495 e. The molecule has 0 spiro atoms. The normalized spacial score (nSPS) is 10.2. The fraction of sp³-hybridized carbons (Fsp3) is 0.143. The summed E-state index contributed by atoms with van der Waals surface area (Å²) in [5, 5.41) is 3.32. The number of hydrogen-bond acceptors (Lipinski definition) is 3. The summed E-state index contributed by atoms with van der Waals surface area (Å²) in [5.74, 6) is 0.798. The van der Waals surface area contributed by atoms with Gasteiger partial charge in [0.05, 0.1) is 11.6 Å². The van der Waals surface area contributed by atoms with Crippen LogP contribution in [0.15, 0.2) is 40.9 Å². The number of hydrogen-bond donors (Lipinski definition) is 2.